The van der Waals surface area contributed by atoms with Crippen molar-refractivity contribution in [2.45, 2.75) is 0 Å². The summed E-state index contributed by atoms with van der Waals surface area (Å²) in [7, 11) is 0. The normalized spacial score (nSPS) is 8.00. The molecule has 75 valence electrons. The molecule has 0 amide bonds. The third kappa shape index (κ3) is 8.15. The molecule has 0 heterocycles. The molecule has 0 unspecified atom stereocenters. The summed E-state index contributed by atoms with van der Waals surface area (Å²) >= 11 is 0. The van der Waals surface area contributed by atoms with Crippen LogP contribution in [0.4, 0.5) is 0 Å². The van der Waals surface area contributed by atoms with Crippen LogP contribution in [0.15, 0.2) is 36.4 Å². The number of hydrogen-bond acceptors (Lipinski definition) is 1. The summed E-state index contributed by atoms with van der Waals surface area (Å²) in [6.07, 6.45) is 2.68. The molecule has 1 N–H and O–H groups in total. The predicted octanol–water partition coefficient (Wildman–Crippen LogP) is 2.68. The van der Waals surface area contributed by atoms with Crippen LogP contribution in [-0.4, -0.2) is 11.1 Å². The second-order valence-electron chi connectivity index (χ2n) is 2.08. The zero-order chi connectivity index (χ0) is 8.10. The van der Waals surface area contributed by atoms with Gasteiger partial charge in [-0.15, -0.1) is 0 Å². The third-order valence-electron chi connectivity index (χ3n) is 1.22. The minimum Gasteiger partial charge on any atom is -0.478 e. The second kappa shape index (κ2) is 10.6. The van der Waals surface area contributed by atoms with E-state index < -0.39 is 5.97 Å². The van der Waals surface area contributed by atoms with E-state index in [1.165, 1.54) is 0 Å². The summed E-state index contributed by atoms with van der Waals surface area (Å²) in [6.45, 7) is 0. The van der Waals surface area contributed by atoms with Crippen molar-refractivity contribution in [2.75, 3.05) is 0 Å². The molecule has 0 atom stereocenters. The van der Waals surface area contributed by atoms with Crippen molar-refractivity contribution >= 4 is 12.0 Å². The van der Waals surface area contributed by atoms with Crippen LogP contribution in [0.5, 0.6) is 0 Å². The van der Waals surface area contributed by atoms with Gasteiger partial charge in [-0.2, -0.15) is 0 Å². The van der Waals surface area contributed by atoms with Crippen molar-refractivity contribution in [2.24, 2.45) is 0 Å². The molecule has 2 nitrogen and oxygen atoms in total. The summed E-state index contributed by atoms with van der Waals surface area (Å²) in [4.78, 5) is 10.1. The largest absolute Gasteiger partial charge is 0.478 e. The van der Waals surface area contributed by atoms with Gasteiger partial charge < -0.3 is 20.0 Å². The number of benzene rings is 1. The molecule has 0 fully saturated rings. The maximum atomic E-state index is 10.1. The van der Waals surface area contributed by atoms with Crippen LogP contribution < -0.4 is 0 Å². The van der Waals surface area contributed by atoms with E-state index in [2.05, 4.69) is 0 Å². The van der Waals surface area contributed by atoms with Gasteiger partial charge >= 0.3 is 5.97 Å². The van der Waals surface area contributed by atoms with Gasteiger partial charge in [-0.1, -0.05) is 30.3 Å². The fraction of sp³-hybridized carbons (Fsp3) is 0. The van der Waals surface area contributed by atoms with E-state index in [1.807, 2.05) is 30.3 Å². The maximum Gasteiger partial charge on any atom is 0.328 e. The first-order valence-corrected chi connectivity index (χ1v) is 3.25. The molecule has 0 bridgehead atoms. The SMILES string of the molecule is O=C(O)/C=C/c1ccccc1.[CH3-].[CH3-].[Y]. The molecule has 1 aromatic rings. The molecular formula is C11H14O2Y-2. The Morgan fingerprint density at radius 2 is 1.64 bits per heavy atom. The first-order chi connectivity index (χ1) is 5.29. The topological polar surface area (TPSA) is 37.3 Å². The minimum absolute atomic E-state index is 0. The van der Waals surface area contributed by atoms with E-state index in [4.69, 9.17) is 5.11 Å². The number of carbonyl (C=O) groups is 1. The maximum absolute atomic E-state index is 10.1. The molecule has 0 aliphatic heterocycles. The summed E-state index contributed by atoms with van der Waals surface area (Å²) in [5.41, 5.74) is 0.898. The van der Waals surface area contributed by atoms with E-state index in [9.17, 15) is 4.79 Å². The molecule has 0 aromatic heterocycles. The molecular weight excluding hydrogens is 253 g/mol. The second-order valence-corrected chi connectivity index (χ2v) is 2.08. The van der Waals surface area contributed by atoms with E-state index in [1.54, 1.807) is 6.08 Å². The average Bonchev–Trinajstić information content (AvgIpc) is 2.03. The molecule has 0 spiro atoms. The van der Waals surface area contributed by atoms with Crippen LogP contribution >= 0.6 is 0 Å². The summed E-state index contributed by atoms with van der Waals surface area (Å²) in [6, 6.07) is 9.31. The van der Waals surface area contributed by atoms with E-state index >= 15 is 0 Å². The van der Waals surface area contributed by atoms with Crippen LogP contribution in [0, 0.1) is 14.9 Å². The van der Waals surface area contributed by atoms with Crippen LogP contribution in [0.3, 0.4) is 0 Å². The molecule has 14 heavy (non-hydrogen) atoms. The van der Waals surface area contributed by atoms with Crippen molar-refractivity contribution in [1.82, 2.24) is 0 Å². The van der Waals surface area contributed by atoms with Gasteiger partial charge in [0.05, 0.1) is 0 Å². The minimum atomic E-state index is -0.922. The van der Waals surface area contributed by atoms with Crippen LogP contribution in [0.25, 0.3) is 6.08 Å². The third-order valence-corrected chi connectivity index (χ3v) is 1.22. The quantitative estimate of drug-likeness (QED) is 0.660. The Bertz CT molecular complexity index is 268. The standard InChI is InChI=1S/C9H8O2.2CH3.Y/c10-9(11)7-6-8-4-2-1-3-5-8;;;/h1-7H,(H,10,11);2*1H3;/q;2*-1;/b7-6+;;;. The first-order valence-electron chi connectivity index (χ1n) is 3.25. The van der Waals surface area contributed by atoms with Crippen molar-refractivity contribution in [3.05, 3.63) is 56.8 Å². The van der Waals surface area contributed by atoms with Crippen molar-refractivity contribution in [3.8, 4) is 0 Å². The summed E-state index contributed by atoms with van der Waals surface area (Å²) < 4.78 is 0. The summed E-state index contributed by atoms with van der Waals surface area (Å²) in [5.74, 6) is -0.922. The van der Waals surface area contributed by atoms with Crippen LogP contribution in [-0.2, 0) is 37.5 Å². The fourth-order valence-electron chi connectivity index (χ4n) is 0.732. The Balaban J connectivity index is -0.000000403. The number of carboxylic acid groups (broad SMARTS) is 1. The van der Waals surface area contributed by atoms with Crippen molar-refractivity contribution < 1.29 is 42.6 Å². The van der Waals surface area contributed by atoms with Gasteiger partial charge in [0.1, 0.15) is 0 Å². The first kappa shape index (κ1) is 19.2. The Labute approximate surface area is 111 Å². The van der Waals surface area contributed by atoms with Gasteiger partial charge in [0, 0.05) is 38.8 Å². The Morgan fingerprint density at radius 1 is 1.14 bits per heavy atom. The van der Waals surface area contributed by atoms with Crippen LogP contribution in [0.1, 0.15) is 5.56 Å². The molecule has 1 radical (unpaired) electrons. The molecule has 0 aliphatic carbocycles. The van der Waals surface area contributed by atoms with E-state index in [0.717, 1.165) is 11.6 Å². The zero-order valence-electron chi connectivity index (χ0n) is 8.47. The van der Waals surface area contributed by atoms with Gasteiger partial charge in [0.2, 0.25) is 0 Å². The average molecular weight is 267 g/mol. The monoisotopic (exact) mass is 267 g/mol. The van der Waals surface area contributed by atoms with Gasteiger partial charge in [-0.05, 0) is 11.6 Å². The molecule has 3 heteroatoms. The van der Waals surface area contributed by atoms with Crippen molar-refractivity contribution in [1.29, 1.82) is 0 Å². The molecule has 1 aromatic carbocycles. The number of aliphatic carboxylic acids is 1. The predicted molar refractivity (Wildman–Crippen MR) is 55.9 cm³/mol. The fourth-order valence-corrected chi connectivity index (χ4v) is 0.732. The van der Waals surface area contributed by atoms with Gasteiger partial charge in [-0.3, -0.25) is 0 Å². The Hall–Kier alpha value is -0.466. The molecule has 0 aliphatic rings. The van der Waals surface area contributed by atoms with Crippen LogP contribution in [0.2, 0.25) is 0 Å². The summed E-state index contributed by atoms with van der Waals surface area (Å²) in [5, 5.41) is 8.29. The zero-order valence-corrected chi connectivity index (χ0v) is 11.3. The Morgan fingerprint density at radius 3 is 2.07 bits per heavy atom. The van der Waals surface area contributed by atoms with Gasteiger partial charge in [-0.25, -0.2) is 4.79 Å². The number of hydrogen-bond donors (Lipinski definition) is 1. The van der Waals surface area contributed by atoms with Gasteiger partial charge in [0.25, 0.3) is 0 Å². The Kier molecular flexibility index (Phi) is 14.5. The number of carboxylic acids is 1. The van der Waals surface area contributed by atoms with Gasteiger partial charge in [0.15, 0.2) is 0 Å². The van der Waals surface area contributed by atoms with Crippen molar-refractivity contribution in [3.63, 3.8) is 0 Å². The molecule has 1 rings (SSSR count). The van der Waals surface area contributed by atoms with E-state index in [0.29, 0.717) is 0 Å². The smallest absolute Gasteiger partial charge is 0.328 e. The molecule has 0 saturated carbocycles. The van der Waals surface area contributed by atoms with E-state index in [-0.39, 0.29) is 47.6 Å². The molecule has 0 saturated heterocycles. The number of rotatable bonds is 2.